The lowest BCUT2D eigenvalue weighted by Gasteiger charge is -2.30. The summed E-state index contributed by atoms with van der Waals surface area (Å²) in [5, 5.41) is 5.55. The number of nitrogens with one attached hydrogen (secondary N) is 2. The number of likely N-dealkylation sites (tertiary alicyclic amines) is 1. The van der Waals surface area contributed by atoms with Crippen LogP contribution in [-0.4, -0.2) is 42.8 Å². The highest BCUT2D eigenvalue weighted by Gasteiger charge is 2.26. The average Bonchev–Trinajstić information content (AvgIpc) is 2.81. The normalized spacial score (nSPS) is 14.5. The number of benzene rings is 2. The van der Waals surface area contributed by atoms with Crippen LogP contribution in [0, 0.1) is 5.92 Å². The molecule has 0 aromatic heterocycles. The van der Waals surface area contributed by atoms with Crippen LogP contribution in [0.25, 0.3) is 6.08 Å². The molecule has 0 spiro atoms. The maximum Gasteiger partial charge on any atom is 0.251 e. The van der Waals surface area contributed by atoms with E-state index in [0.717, 1.165) is 11.1 Å². The Balaban J connectivity index is 1.45. The Kier molecular flexibility index (Phi) is 7.38. The minimum Gasteiger partial charge on any atom is -0.355 e. The van der Waals surface area contributed by atoms with Gasteiger partial charge in [-0.15, -0.1) is 0 Å². The Bertz CT molecular complexity index is 916. The Labute approximate surface area is 177 Å². The Hall–Kier alpha value is -3.41. The van der Waals surface area contributed by atoms with Crippen LogP contribution in [-0.2, 0) is 16.1 Å². The number of nitrogens with zero attached hydrogens (tertiary/aromatic N) is 1. The second kappa shape index (κ2) is 10.4. The highest BCUT2D eigenvalue weighted by Crippen LogP contribution is 2.18. The van der Waals surface area contributed by atoms with E-state index in [-0.39, 0.29) is 23.6 Å². The summed E-state index contributed by atoms with van der Waals surface area (Å²) in [4.78, 5) is 38.4. The van der Waals surface area contributed by atoms with Gasteiger partial charge in [-0.3, -0.25) is 14.4 Å². The largest absolute Gasteiger partial charge is 0.355 e. The van der Waals surface area contributed by atoms with E-state index < -0.39 is 0 Å². The standard InChI is InChI=1S/C24H27N3O3/c1-25-23(29)21-9-5-8-19(16-21)17-26-24(30)20-12-14-27(15-13-20)22(28)11-10-18-6-3-2-4-7-18/h2-11,16,20H,12-15,17H2,1H3,(H,25,29)(H,26,30)/b11-10+. The lowest BCUT2D eigenvalue weighted by atomic mass is 9.95. The average molecular weight is 405 g/mol. The van der Waals surface area contributed by atoms with E-state index in [1.165, 1.54) is 0 Å². The molecule has 0 unspecified atom stereocenters. The van der Waals surface area contributed by atoms with Gasteiger partial charge in [0, 0.05) is 44.2 Å². The van der Waals surface area contributed by atoms with Gasteiger partial charge in [-0.25, -0.2) is 0 Å². The van der Waals surface area contributed by atoms with E-state index in [2.05, 4.69) is 10.6 Å². The summed E-state index contributed by atoms with van der Waals surface area (Å²) in [5.74, 6) is -0.285. The zero-order valence-corrected chi connectivity index (χ0v) is 17.1. The zero-order chi connectivity index (χ0) is 21.3. The first kappa shape index (κ1) is 21.3. The molecule has 1 fully saturated rings. The van der Waals surface area contributed by atoms with Crippen LogP contribution < -0.4 is 10.6 Å². The predicted molar refractivity (Wildman–Crippen MR) is 116 cm³/mol. The van der Waals surface area contributed by atoms with Crippen molar-refractivity contribution in [2.75, 3.05) is 20.1 Å². The third kappa shape index (κ3) is 5.80. The number of amides is 3. The molecule has 2 N–H and O–H groups in total. The van der Waals surface area contributed by atoms with Gasteiger partial charge in [-0.1, -0.05) is 42.5 Å². The van der Waals surface area contributed by atoms with Crippen LogP contribution >= 0.6 is 0 Å². The van der Waals surface area contributed by atoms with Gasteiger partial charge in [-0.2, -0.15) is 0 Å². The third-order valence-electron chi connectivity index (χ3n) is 5.28. The Morgan fingerprint density at radius 3 is 2.47 bits per heavy atom. The fourth-order valence-electron chi connectivity index (χ4n) is 3.50. The highest BCUT2D eigenvalue weighted by atomic mass is 16.2. The lowest BCUT2D eigenvalue weighted by Crippen LogP contribution is -2.42. The monoisotopic (exact) mass is 405 g/mol. The second-order valence-electron chi connectivity index (χ2n) is 7.34. The molecule has 1 aliphatic heterocycles. The summed E-state index contributed by atoms with van der Waals surface area (Å²) in [7, 11) is 1.59. The molecular formula is C24H27N3O3. The molecule has 0 saturated carbocycles. The van der Waals surface area contributed by atoms with Gasteiger partial charge < -0.3 is 15.5 Å². The Morgan fingerprint density at radius 2 is 1.77 bits per heavy atom. The molecule has 2 aromatic carbocycles. The van der Waals surface area contributed by atoms with Crippen LogP contribution in [0.1, 0.15) is 34.3 Å². The van der Waals surface area contributed by atoms with E-state index in [1.54, 1.807) is 36.2 Å². The summed E-state index contributed by atoms with van der Waals surface area (Å²) in [5.41, 5.74) is 2.43. The fourth-order valence-corrected chi connectivity index (χ4v) is 3.50. The van der Waals surface area contributed by atoms with Gasteiger partial charge in [0.25, 0.3) is 5.91 Å². The van der Waals surface area contributed by atoms with Gasteiger partial charge in [0.05, 0.1) is 0 Å². The smallest absolute Gasteiger partial charge is 0.251 e. The summed E-state index contributed by atoms with van der Waals surface area (Å²) in [6.45, 7) is 1.52. The van der Waals surface area contributed by atoms with E-state index in [9.17, 15) is 14.4 Å². The van der Waals surface area contributed by atoms with Crippen molar-refractivity contribution in [2.45, 2.75) is 19.4 Å². The molecule has 3 amide bonds. The van der Waals surface area contributed by atoms with Crippen molar-refractivity contribution in [3.05, 3.63) is 77.4 Å². The van der Waals surface area contributed by atoms with Crippen LogP contribution in [0.15, 0.2) is 60.7 Å². The molecule has 6 heteroatoms. The molecule has 1 heterocycles. The third-order valence-corrected chi connectivity index (χ3v) is 5.28. The summed E-state index contributed by atoms with van der Waals surface area (Å²) >= 11 is 0. The minimum atomic E-state index is -0.151. The summed E-state index contributed by atoms with van der Waals surface area (Å²) in [6.07, 6.45) is 4.70. The zero-order valence-electron chi connectivity index (χ0n) is 17.1. The van der Waals surface area contributed by atoms with Crippen LogP contribution in [0.2, 0.25) is 0 Å². The van der Waals surface area contributed by atoms with Crippen molar-refractivity contribution in [2.24, 2.45) is 5.92 Å². The number of hydrogen-bond donors (Lipinski definition) is 2. The van der Waals surface area contributed by atoms with Crippen LogP contribution in [0.4, 0.5) is 0 Å². The predicted octanol–water partition coefficient (Wildman–Crippen LogP) is 2.61. The molecule has 6 nitrogen and oxygen atoms in total. The quantitative estimate of drug-likeness (QED) is 0.725. The number of carbonyl (C=O) groups excluding carboxylic acids is 3. The number of carbonyl (C=O) groups is 3. The number of rotatable bonds is 6. The molecule has 2 aromatic rings. The van der Waals surface area contributed by atoms with Crippen LogP contribution in [0.3, 0.4) is 0 Å². The topological polar surface area (TPSA) is 78.5 Å². The molecule has 1 aliphatic rings. The number of hydrogen-bond acceptors (Lipinski definition) is 3. The molecular weight excluding hydrogens is 378 g/mol. The van der Waals surface area contributed by atoms with Crippen molar-refractivity contribution in [1.82, 2.24) is 15.5 Å². The maximum atomic E-state index is 12.5. The first-order valence-corrected chi connectivity index (χ1v) is 10.2. The molecule has 30 heavy (non-hydrogen) atoms. The molecule has 3 rings (SSSR count). The molecule has 0 atom stereocenters. The molecule has 0 radical (unpaired) electrons. The van der Waals surface area contributed by atoms with E-state index in [1.807, 2.05) is 42.5 Å². The van der Waals surface area contributed by atoms with Crippen molar-refractivity contribution < 1.29 is 14.4 Å². The fraction of sp³-hybridized carbons (Fsp3) is 0.292. The second-order valence-corrected chi connectivity index (χ2v) is 7.34. The van der Waals surface area contributed by atoms with E-state index >= 15 is 0 Å². The van der Waals surface area contributed by atoms with E-state index in [4.69, 9.17) is 0 Å². The van der Waals surface area contributed by atoms with Gasteiger partial charge in [-0.05, 0) is 42.2 Å². The highest BCUT2D eigenvalue weighted by molar-refractivity contribution is 5.94. The lowest BCUT2D eigenvalue weighted by molar-refractivity contribution is -0.132. The van der Waals surface area contributed by atoms with Crippen molar-refractivity contribution in [3.8, 4) is 0 Å². The SMILES string of the molecule is CNC(=O)c1cccc(CNC(=O)C2CCN(C(=O)/C=C/c3ccccc3)CC2)c1. The Morgan fingerprint density at radius 1 is 1.03 bits per heavy atom. The summed E-state index contributed by atoms with van der Waals surface area (Å²) in [6, 6.07) is 16.9. The minimum absolute atomic E-state index is 0.00715. The summed E-state index contributed by atoms with van der Waals surface area (Å²) < 4.78 is 0. The van der Waals surface area contributed by atoms with Gasteiger partial charge >= 0.3 is 0 Å². The molecule has 0 aliphatic carbocycles. The van der Waals surface area contributed by atoms with Crippen molar-refractivity contribution in [3.63, 3.8) is 0 Å². The van der Waals surface area contributed by atoms with Crippen molar-refractivity contribution >= 4 is 23.8 Å². The van der Waals surface area contributed by atoms with Crippen molar-refractivity contribution in [1.29, 1.82) is 0 Å². The van der Waals surface area contributed by atoms with Gasteiger partial charge in [0.2, 0.25) is 11.8 Å². The van der Waals surface area contributed by atoms with Gasteiger partial charge in [0.1, 0.15) is 0 Å². The first-order chi connectivity index (χ1) is 14.6. The molecule has 0 bridgehead atoms. The molecule has 1 saturated heterocycles. The maximum absolute atomic E-state index is 12.5. The van der Waals surface area contributed by atoms with E-state index in [0.29, 0.717) is 38.0 Å². The molecule has 156 valence electrons. The van der Waals surface area contributed by atoms with Gasteiger partial charge in [0.15, 0.2) is 0 Å². The number of piperidine rings is 1. The van der Waals surface area contributed by atoms with Crippen LogP contribution in [0.5, 0.6) is 0 Å². The first-order valence-electron chi connectivity index (χ1n) is 10.2.